The van der Waals surface area contributed by atoms with Crippen molar-refractivity contribution in [2.45, 2.75) is 55.3 Å². The Morgan fingerprint density at radius 2 is 1.57 bits per heavy atom. The molecule has 1 aliphatic heterocycles. The molecular formula is C31H39N3O8. The van der Waals surface area contributed by atoms with Crippen molar-refractivity contribution in [2.24, 2.45) is 5.92 Å². The number of carboxylic acid groups (broad SMARTS) is 3. The number of nitrogens with zero attached hydrogens (tertiary/aromatic N) is 1. The fourth-order valence-corrected chi connectivity index (χ4v) is 6.55. The molecule has 1 spiro atoms. The average Bonchev–Trinajstić information content (AvgIpc) is 3.31. The molecule has 11 nitrogen and oxygen atoms in total. The number of carboxylic acids is 3. The molecule has 7 N–H and O–H groups in total. The zero-order valence-electron chi connectivity index (χ0n) is 23.8. The summed E-state index contributed by atoms with van der Waals surface area (Å²) in [6.45, 7) is 1.86. The van der Waals surface area contributed by atoms with Crippen molar-refractivity contribution in [1.29, 1.82) is 0 Å². The van der Waals surface area contributed by atoms with E-state index in [4.69, 9.17) is 20.4 Å². The van der Waals surface area contributed by atoms with Gasteiger partial charge in [0.05, 0.1) is 24.0 Å². The maximum absolute atomic E-state index is 11.9. The first-order chi connectivity index (χ1) is 19.8. The van der Waals surface area contributed by atoms with Gasteiger partial charge in [0.1, 0.15) is 0 Å². The number of aromatic amines is 1. The molecule has 1 aliphatic carbocycles. The van der Waals surface area contributed by atoms with Crippen molar-refractivity contribution in [1.82, 2.24) is 15.2 Å². The predicted molar refractivity (Wildman–Crippen MR) is 155 cm³/mol. The van der Waals surface area contributed by atoms with Crippen LogP contribution in [0.15, 0.2) is 54.6 Å². The highest BCUT2D eigenvalue weighted by Gasteiger charge is 2.52. The highest BCUT2D eigenvalue weighted by molar-refractivity contribution is 5.88. The van der Waals surface area contributed by atoms with E-state index in [-0.39, 0.29) is 11.5 Å². The molecule has 3 unspecified atom stereocenters. The number of carbonyl (C=O) groups is 3. The lowest BCUT2D eigenvalue weighted by atomic mass is 9.62. The van der Waals surface area contributed by atoms with Gasteiger partial charge in [0.2, 0.25) is 0 Å². The molecule has 2 heterocycles. The van der Waals surface area contributed by atoms with Gasteiger partial charge in [0.25, 0.3) is 0 Å². The number of aliphatic carboxylic acids is 3. The minimum absolute atomic E-state index is 0.0890. The van der Waals surface area contributed by atoms with Crippen LogP contribution in [0.1, 0.15) is 48.9 Å². The van der Waals surface area contributed by atoms with E-state index in [1.807, 2.05) is 18.2 Å². The highest BCUT2D eigenvalue weighted by atomic mass is 16.4. The molecule has 42 heavy (non-hydrogen) atoms. The van der Waals surface area contributed by atoms with Crippen molar-refractivity contribution in [3.63, 3.8) is 0 Å². The van der Waals surface area contributed by atoms with Gasteiger partial charge in [-0.05, 0) is 57.0 Å². The minimum Gasteiger partial charge on any atom is -0.481 e. The molecule has 2 aromatic carbocycles. The van der Waals surface area contributed by atoms with E-state index >= 15 is 0 Å². The van der Waals surface area contributed by atoms with Gasteiger partial charge in [0.15, 0.2) is 5.60 Å². The molecule has 0 saturated heterocycles. The summed E-state index contributed by atoms with van der Waals surface area (Å²) in [5.74, 6) is -4.87. The molecule has 11 heteroatoms. The Hall–Kier alpha value is -3.77. The summed E-state index contributed by atoms with van der Waals surface area (Å²) in [5, 5.41) is 50.9. The fraction of sp³-hybridized carbons (Fsp3) is 0.452. The number of hydrogen-bond donors (Lipinski definition) is 7. The summed E-state index contributed by atoms with van der Waals surface area (Å²) in [7, 11) is 4.21. The third-order valence-electron chi connectivity index (χ3n) is 8.48. The van der Waals surface area contributed by atoms with E-state index in [9.17, 15) is 19.5 Å². The molecule has 5 rings (SSSR count). The van der Waals surface area contributed by atoms with Crippen LogP contribution in [0, 0.1) is 5.92 Å². The monoisotopic (exact) mass is 581 g/mol. The molecule has 3 atom stereocenters. The summed E-state index contributed by atoms with van der Waals surface area (Å²) >= 11 is 0. The van der Waals surface area contributed by atoms with Gasteiger partial charge in [-0.15, -0.1) is 0 Å². The van der Waals surface area contributed by atoms with Crippen LogP contribution in [0.5, 0.6) is 0 Å². The molecule has 1 aromatic heterocycles. The summed E-state index contributed by atoms with van der Waals surface area (Å²) in [5.41, 5.74) is 1.48. The Kier molecular flexibility index (Phi) is 9.07. The predicted octanol–water partition coefficient (Wildman–Crippen LogP) is 2.51. The first kappa shape index (κ1) is 31.2. The van der Waals surface area contributed by atoms with Gasteiger partial charge in [-0.1, -0.05) is 48.5 Å². The van der Waals surface area contributed by atoms with Gasteiger partial charge >= 0.3 is 17.9 Å². The topological polar surface area (TPSA) is 183 Å². The van der Waals surface area contributed by atoms with Crippen LogP contribution < -0.4 is 5.32 Å². The van der Waals surface area contributed by atoms with E-state index in [1.54, 1.807) is 0 Å². The fourth-order valence-electron chi connectivity index (χ4n) is 6.55. The van der Waals surface area contributed by atoms with Crippen LogP contribution >= 0.6 is 0 Å². The highest BCUT2D eigenvalue weighted by Crippen LogP contribution is 2.51. The lowest BCUT2D eigenvalue weighted by Crippen LogP contribution is -2.57. The van der Waals surface area contributed by atoms with E-state index in [0.29, 0.717) is 0 Å². The Morgan fingerprint density at radius 3 is 2.17 bits per heavy atom. The van der Waals surface area contributed by atoms with Crippen molar-refractivity contribution in [3.05, 3.63) is 71.4 Å². The second-order valence-electron chi connectivity index (χ2n) is 11.7. The SMILES string of the molecule is CN(C)CC1CC2(CCC1(O)c1ccccc1)NCCc1c2[nH]c2ccccc12.O=C(O)CC(O)(CC(=O)O)C(=O)O. The third kappa shape index (κ3) is 6.34. The van der Waals surface area contributed by atoms with Crippen LogP contribution in [0.4, 0.5) is 0 Å². The number of aromatic nitrogens is 1. The zero-order valence-corrected chi connectivity index (χ0v) is 23.8. The summed E-state index contributed by atoms with van der Waals surface area (Å²) < 4.78 is 0. The van der Waals surface area contributed by atoms with Crippen LogP contribution in [0.25, 0.3) is 10.9 Å². The second-order valence-corrected chi connectivity index (χ2v) is 11.7. The summed E-state index contributed by atoms with van der Waals surface area (Å²) in [4.78, 5) is 36.5. The number of nitrogens with one attached hydrogen (secondary N) is 2. The Balaban J connectivity index is 0.000000266. The molecule has 3 aromatic rings. The number of benzene rings is 2. The Bertz CT molecular complexity index is 1420. The summed E-state index contributed by atoms with van der Waals surface area (Å²) in [6, 6.07) is 18.9. The lowest BCUT2D eigenvalue weighted by Gasteiger charge is -2.51. The van der Waals surface area contributed by atoms with Crippen LogP contribution in [-0.2, 0) is 31.9 Å². The quantitative estimate of drug-likeness (QED) is 0.209. The van der Waals surface area contributed by atoms with Gasteiger partial charge in [0, 0.05) is 35.6 Å². The number of fused-ring (bicyclic) bond motifs is 4. The molecule has 1 fully saturated rings. The second kappa shape index (κ2) is 12.2. The van der Waals surface area contributed by atoms with Crippen LogP contribution in [-0.4, -0.2) is 86.1 Å². The normalized spacial score (nSPS) is 23.7. The number of rotatable bonds is 8. The molecule has 1 saturated carbocycles. The number of hydrogen-bond acceptors (Lipinski definition) is 7. The molecule has 0 amide bonds. The lowest BCUT2D eigenvalue weighted by molar-refractivity contribution is -0.170. The number of H-pyrrole nitrogens is 1. The molecule has 226 valence electrons. The largest absolute Gasteiger partial charge is 0.481 e. The average molecular weight is 582 g/mol. The Morgan fingerprint density at radius 1 is 0.952 bits per heavy atom. The van der Waals surface area contributed by atoms with Gasteiger partial charge in [-0.3, -0.25) is 9.59 Å². The number of aliphatic hydroxyl groups is 2. The van der Waals surface area contributed by atoms with Crippen LogP contribution in [0.2, 0.25) is 0 Å². The maximum Gasteiger partial charge on any atom is 0.336 e. The first-order valence-electron chi connectivity index (χ1n) is 14.0. The van der Waals surface area contributed by atoms with Gasteiger partial charge < -0.3 is 40.7 Å². The summed E-state index contributed by atoms with van der Waals surface area (Å²) in [6.07, 6.45) is 1.39. The van der Waals surface area contributed by atoms with Gasteiger partial charge in [-0.2, -0.15) is 0 Å². The van der Waals surface area contributed by atoms with Crippen molar-refractivity contribution >= 4 is 28.8 Å². The standard InChI is InChI=1S/C25H31N3O.C6H8O7/c1-28(2)17-19-16-24(13-14-25(19,29)18-8-4-3-5-9-18)23-21(12-15-26-24)20-10-6-7-11-22(20)27-23;7-3(8)1-6(13,5(11)12)2-4(9)10/h3-11,19,26-27,29H,12-17H2,1-2H3;13H,1-2H2,(H,7,8)(H,9,10)(H,11,12). The van der Waals surface area contributed by atoms with Crippen molar-refractivity contribution in [2.75, 3.05) is 27.2 Å². The smallest absolute Gasteiger partial charge is 0.336 e. The van der Waals surface area contributed by atoms with Crippen molar-refractivity contribution < 1.29 is 39.9 Å². The molecule has 2 aliphatic rings. The van der Waals surface area contributed by atoms with Crippen LogP contribution in [0.3, 0.4) is 0 Å². The number of para-hydroxylation sites is 1. The van der Waals surface area contributed by atoms with E-state index in [1.165, 1.54) is 22.2 Å². The zero-order chi connectivity index (χ0) is 30.7. The van der Waals surface area contributed by atoms with E-state index < -0.39 is 42.0 Å². The Labute approximate surface area is 243 Å². The molecular weight excluding hydrogens is 542 g/mol. The van der Waals surface area contributed by atoms with E-state index in [0.717, 1.165) is 44.3 Å². The molecule has 0 radical (unpaired) electrons. The van der Waals surface area contributed by atoms with E-state index in [2.05, 4.69) is 65.7 Å². The van der Waals surface area contributed by atoms with Crippen molar-refractivity contribution in [3.8, 4) is 0 Å². The molecule has 0 bridgehead atoms. The van der Waals surface area contributed by atoms with Gasteiger partial charge in [-0.25, -0.2) is 4.79 Å². The maximum atomic E-state index is 11.9. The first-order valence-corrected chi connectivity index (χ1v) is 14.0. The third-order valence-corrected chi connectivity index (χ3v) is 8.48. The minimum atomic E-state index is -2.74.